The second kappa shape index (κ2) is 5.75. The Morgan fingerprint density at radius 2 is 2.19 bits per heavy atom. The monoisotopic (exact) mass is 221 g/mol. The average molecular weight is 221 g/mol. The number of nitrogens with zero attached hydrogens (tertiary/aromatic N) is 1. The molecule has 16 heavy (non-hydrogen) atoms. The molecule has 4 N–H and O–H groups in total. The minimum atomic E-state index is -0.0827. The average Bonchev–Trinajstić information content (AvgIpc) is 2.29. The van der Waals surface area contributed by atoms with E-state index in [1.54, 1.807) is 24.3 Å². The van der Waals surface area contributed by atoms with Gasteiger partial charge in [-0.2, -0.15) is 0 Å². The quantitative estimate of drug-likeness (QED) is 0.312. The summed E-state index contributed by atoms with van der Waals surface area (Å²) in [4.78, 5) is 11.4. The number of oxime groups is 1. The maximum Gasteiger partial charge on any atom is 0.224 e. The van der Waals surface area contributed by atoms with E-state index in [-0.39, 0.29) is 11.7 Å². The van der Waals surface area contributed by atoms with E-state index in [9.17, 15) is 4.79 Å². The van der Waals surface area contributed by atoms with Crippen LogP contribution in [0.1, 0.15) is 25.3 Å². The molecule has 5 nitrogen and oxygen atoms in total. The molecule has 86 valence electrons. The summed E-state index contributed by atoms with van der Waals surface area (Å²) in [6, 6.07) is 6.91. The Kier molecular flexibility index (Phi) is 4.32. The van der Waals surface area contributed by atoms with Crippen molar-refractivity contribution in [1.82, 2.24) is 0 Å². The highest BCUT2D eigenvalue weighted by Gasteiger charge is 2.08. The standard InChI is InChI=1S/C11H15N3O2/c1-2-5-10(15)13-9-7-4-3-6-8(9)11(12)14-16/h3-4,6-7,16H,2,5H2,1H3,(H2,12,14)(H,13,15). The first-order valence-corrected chi connectivity index (χ1v) is 5.05. The van der Waals surface area contributed by atoms with Crippen LogP contribution in [0.4, 0.5) is 5.69 Å². The molecule has 0 spiro atoms. The molecular formula is C11H15N3O2. The summed E-state index contributed by atoms with van der Waals surface area (Å²) in [6.45, 7) is 1.93. The third kappa shape index (κ3) is 2.98. The summed E-state index contributed by atoms with van der Waals surface area (Å²) in [5.74, 6) is -0.104. The summed E-state index contributed by atoms with van der Waals surface area (Å²) >= 11 is 0. The van der Waals surface area contributed by atoms with Crippen LogP contribution in [0.2, 0.25) is 0 Å². The number of carbonyl (C=O) groups is 1. The van der Waals surface area contributed by atoms with Gasteiger partial charge in [0.25, 0.3) is 0 Å². The highest BCUT2D eigenvalue weighted by molar-refractivity contribution is 6.05. The Morgan fingerprint density at radius 3 is 2.81 bits per heavy atom. The number of nitrogens with two attached hydrogens (primary N) is 1. The molecule has 0 radical (unpaired) electrons. The number of rotatable bonds is 4. The maximum absolute atomic E-state index is 11.4. The lowest BCUT2D eigenvalue weighted by atomic mass is 10.1. The van der Waals surface area contributed by atoms with Crippen LogP contribution in [0.3, 0.4) is 0 Å². The van der Waals surface area contributed by atoms with Crippen molar-refractivity contribution in [2.24, 2.45) is 10.9 Å². The lowest BCUT2D eigenvalue weighted by Crippen LogP contribution is -2.18. The maximum atomic E-state index is 11.4. The number of benzene rings is 1. The summed E-state index contributed by atoms with van der Waals surface area (Å²) in [5.41, 5.74) is 6.55. The number of para-hydroxylation sites is 1. The number of carbonyl (C=O) groups excluding carboxylic acids is 1. The molecule has 0 unspecified atom stereocenters. The Balaban J connectivity index is 2.91. The number of anilines is 1. The Labute approximate surface area is 94.0 Å². The van der Waals surface area contributed by atoms with Crippen LogP contribution in [0.15, 0.2) is 29.4 Å². The van der Waals surface area contributed by atoms with Gasteiger partial charge in [-0.3, -0.25) is 4.79 Å². The first-order valence-electron chi connectivity index (χ1n) is 5.05. The van der Waals surface area contributed by atoms with Crippen LogP contribution >= 0.6 is 0 Å². The van der Waals surface area contributed by atoms with E-state index in [0.29, 0.717) is 17.7 Å². The van der Waals surface area contributed by atoms with E-state index in [1.807, 2.05) is 6.92 Å². The van der Waals surface area contributed by atoms with Crippen LogP contribution in [0.5, 0.6) is 0 Å². The smallest absolute Gasteiger partial charge is 0.224 e. The topological polar surface area (TPSA) is 87.7 Å². The molecule has 1 rings (SSSR count). The van der Waals surface area contributed by atoms with Crippen molar-refractivity contribution in [2.45, 2.75) is 19.8 Å². The first kappa shape index (κ1) is 12.0. The molecule has 0 saturated heterocycles. The predicted molar refractivity (Wildman–Crippen MR) is 62.5 cm³/mol. The molecule has 0 heterocycles. The van der Waals surface area contributed by atoms with Crippen LogP contribution < -0.4 is 11.1 Å². The zero-order valence-corrected chi connectivity index (χ0v) is 9.10. The second-order valence-electron chi connectivity index (χ2n) is 3.33. The van der Waals surface area contributed by atoms with Gasteiger partial charge in [0.05, 0.1) is 5.69 Å². The van der Waals surface area contributed by atoms with E-state index < -0.39 is 0 Å². The Morgan fingerprint density at radius 1 is 1.50 bits per heavy atom. The van der Waals surface area contributed by atoms with Crippen LogP contribution in [0, 0.1) is 0 Å². The van der Waals surface area contributed by atoms with Crippen LogP contribution in [0.25, 0.3) is 0 Å². The van der Waals surface area contributed by atoms with Gasteiger partial charge in [-0.25, -0.2) is 0 Å². The molecule has 0 fully saturated rings. The van der Waals surface area contributed by atoms with Gasteiger partial charge in [0.2, 0.25) is 5.91 Å². The largest absolute Gasteiger partial charge is 0.409 e. The van der Waals surface area contributed by atoms with Crippen molar-refractivity contribution in [3.8, 4) is 0 Å². The number of hydrogen-bond acceptors (Lipinski definition) is 3. The number of amides is 1. The molecule has 0 aliphatic heterocycles. The normalized spacial score (nSPS) is 11.2. The van der Waals surface area contributed by atoms with Crippen LogP contribution in [-0.4, -0.2) is 17.0 Å². The van der Waals surface area contributed by atoms with Crippen molar-refractivity contribution in [1.29, 1.82) is 0 Å². The first-order chi connectivity index (χ1) is 7.69. The lowest BCUT2D eigenvalue weighted by molar-refractivity contribution is -0.116. The van der Waals surface area contributed by atoms with E-state index in [0.717, 1.165) is 6.42 Å². The molecule has 5 heteroatoms. The Bertz CT molecular complexity index is 402. The van der Waals surface area contributed by atoms with Gasteiger partial charge in [-0.05, 0) is 18.6 Å². The number of amidine groups is 1. The van der Waals surface area contributed by atoms with Gasteiger partial charge in [-0.15, -0.1) is 0 Å². The third-order valence-corrected chi connectivity index (χ3v) is 2.06. The van der Waals surface area contributed by atoms with Crippen molar-refractivity contribution in [3.05, 3.63) is 29.8 Å². The molecule has 0 bridgehead atoms. The SMILES string of the molecule is CCCC(=O)Nc1ccccc1/C(N)=N/O. The van der Waals surface area contributed by atoms with Gasteiger partial charge in [0.15, 0.2) is 5.84 Å². The van der Waals surface area contributed by atoms with Crippen molar-refractivity contribution >= 4 is 17.4 Å². The van der Waals surface area contributed by atoms with Gasteiger partial charge in [0, 0.05) is 12.0 Å². The zero-order chi connectivity index (χ0) is 12.0. The molecule has 0 aliphatic carbocycles. The van der Waals surface area contributed by atoms with Crippen LogP contribution in [-0.2, 0) is 4.79 Å². The molecule has 1 aromatic carbocycles. The summed E-state index contributed by atoms with van der Waals surface area (Å²) in [6.07, 6.45) is 1.22. The van der Waals surface area contributed by atoms with Crippen molar-refractivity contribution in [2.75, 3.05) is 5.32 Å². The molecule has 0 aliphatic rings. The molecule has 0 saturated carbocycles. The Hall–Kier alpha value is -2.04. The lowest BCUT2D eigenvalue weighted by Gasteiger charge is -2.09. The van der Waals surface area contributed by atoms with E-state index in [1.165, 1.54) is 0 Å². The predicted octanol–water partition coefficient (Wildman–Crippen LogP) is 1.52. The van der Waals surface area contributed by atoms with E-state index >= 15 is 0 Å². The third-order valence-electron chi connectivity index (χ3n) is 2.06. The van der Waals surface area contributed by atoms with Gasteiger partial charge < -0.3 is 16.3 Å². The van der Waals surface area contributed by atoms with Gasteiger partial charge in [-0.1, -0.05) is 24.2 Å². The fraction of sp³-hybridized carbons (Fsp3) is 0.273. The van der Waals surface area contributed by atoms with Crippen molar-refractivity contribution < 1.29 is 10.0 Å². The summed E-state index contributed by atoms with van der Waals surface area (Å²) in [5, 5.41) is 14.2. The minimum Gasteiger partial charge on any atom is -0.409 e. The highest BCUT2D eigenvalue weighted by atomic mass is 16.4. The molecular weight excluding hydrogens is 206 g/mol. The fourth-order valence-electron chi connectivity index (χ4n) is 1.31. The zero-order valence-electron chi connectivity index (χ0n) is 9.10. The van der Waals surface area contributed by atoms with E-state index in [4.69, 9.17) is 10.9 Å². The molecule has 1 aromatic rings. The molecule has 0 aromatic heterocycles. The number of hydrogen-bond donors (Lipinski definition) is 3. The van der Waals surface area contributed by atoms with Gasteiger partial charge >= 0.3 is 0 Å². The van der Waals surface area contributed by atoms with Gasteiger partial charge in [0.1, 0.15) is 0 Å². The minimum absolute atomic E-state index is 0.0209. The van der Waals surface area contributed by atoms with Crippen molar-refractivity contribution in [3.63, 3.8) is 0 Å². The number of nitrogens with one attached hydrogen (secondary N) is 1. The molecule has 1 amide bonds. The molecule has 0 atom stereocenters. The summed E-state index contributed by atoms with van der Waals surface area (Å²) in [7, 11) is 0. The highest BCUT2D eigenvalue weighted by Crippen LogP contribution is 2.14. The second-order valence-corrected chi connectivity index (χ2v) is 3.33. The van der Waals surface area contributed by atoms with E-state index in [2.05, 4.69) is 10.5 Å². The summed E-state index contributed by atoms with van der Waals surface area (Å²) < 4.78 is 0. The fourth-order valence-corrected chi connectivity index (χ4v) is 1.31.